The molecule has 0 saturated heterocycles. The van der Waals surface area contributed by atoms with Crippen LogP contribution in [-0.4, -0.2) is 17.9 Å². The molecule has 0 spiro atoms. The van der Waals surface area contributed by atoms with Crippen LogP contribution in [0.25, 0.3) is 11.0 Å². The molecule has 0 bridgehead atoms. The quantitative estimate of drug-likeness (QED) is 0.384. The minimum atomic E-state index is -0.478. The third-order valence-electron chi connectivity index (χ3n) is 2.66. The van der Waals surface area contributed by atoms with E-state index in [2.05, 4.69) is 22.7 Å². The predicted molar refractivity (Wildman–Crippen MR) is 81.2 cm³/mol. The van der Waals surface area contributed by atoms with E-state index in [9.17, 15) is 4.79 Å². The Bertz CT molecular complexity index is 752. The number of nitrogens with zero attached hydrogens (tertiary/aromatic N) is 1. The van der Waals surface area contributed by atoms with E-state index in [1.807, 2.05) is 0 Å². The minimum Gasteiger partial charge on any atom is -0.497 e. The molecule has 0 amide bonds. The lowest BCUT2D eigenvalue weighted by molar-refractivity contribution is 0.415. The van der Waals surface area contributed by atoms with Crippen LogP contribution in [0.15, 0.2) is 38.6 Å². The normalized spacial score (nSPS) is 11.4. The first-order chi connectivity index (χ1) is 9.51. The van der Waals surface area contributed by atoms with Crippen molar-refractivity contribution in [1.29, 1.82) is 0 Å². The molecule has 2 rings (SSSR count). The third-order valence-corrected chi connectivity index (χ3v) is 2.75. The molecule has 104 valence electrons. The molecule has 0 aliphatic heterocycles. The number of nitrogens with one attached hydrogen (secondary N) is 1. The largest absolute Gasteiger partial charge is 0.497 e. The van der Waals surface area contributed by atoms with Gasteiger partial charge in [-0.2, -0.15) is 5.10 Å². The summed E-state index contributed by atoms with van der Waals surface area (Å²) in [5.41, 5.74) is 8.47. The second-order valence-electron chi connectivity index (χ2n) is 4.02. The maximum Gasteiger partial charge on any atom is 0.345 e. The highest BCUT2D eigenvalue weighted by Gasteiger charge is 2.09. The van der Waals surface area contributed by atoms with E-state index in [1.54, 1.807) is 38.3 Å². The molecule has 0 radical (unpaired) electrons. The van der Waals surface area contributed by atoms with Gasteiger partial charge in [0, 0.05) is 5.39 Å². The van der Waals surface area contributed by atoms with E-state index in [4.69, 9.17) is 14.9 Å². The standard InChI is InChI=1S/C13H13N3O3S/c1-7(15-16-13(14)20)10-6-8-5-9(18-2)3-4-11(8)19-12(10)17/h3-6H,1-2H3,(H3,14,16,20)/b15-7+. The average Bonchev–Trinajstić information content (AvgIpc) is 2.43. The molecule has 0 aliphatic carbocycles. The zero-order valence-corrected chi connectivity index (χ0v) is 11.8. The lowest BCUT2D eigenvalue weighted by Gasteiger charge is -2.04. The van der Waals surface area contributed by atoms with Gasteiger partial charge in [0.1, 0.15) is 11.3 Å². The summed E-state index contributed by atoms with van der Waals surface area (Å²) < 4.78 is 10.4. The molecule has 0 atom stereocenters. The maximum atomic E-state index is 11.9. The highest BCUT2D eigenvalue weighted by molar-refractivity contribution is 7.80. The number of thiocarbonyl (C=S) groups is 1. The van der Waals surface area contributed by atoms with Crippen molar-refractivity contribution in [1.82, 2.24) is 5.43 Å². The molecule has 0 fully saturated rings. The highest BCUT2D eigenvalue weighted by Crippen LogP contribution is 2.20. The summed E-state index contributed by atoms with van der Waals surface area (Å²) in [7, 11) is 1.57. The van der Waals surface area contributed by atoms with Gasteiger partial charge in [-0.05, 0) is 43.4 Å². The zero-order valence-electron chi connectivity index (χ0n) is 11.0. The van der Waals surface area contributed by atoms with Crippen molar-refractivity contribution >= 4 is 34.0 Å². The van der Waals surface area contributed by atoms with Crippen molar-refractivity contribution in [3.63, 3.8) is 0 Å². The van der Waals surface area contributed by atoms with Gasteiger partial charge in [-0.1, -0.05) is 0 Å². The third kappa shape index (κ3) is 2.94. The fourth-order valence-electron chi connectivity index (χ4n) is 1.68. The number of nitrogens with two attached hydrogens (primary N) is 1. The number of fused-ring (bicyclic) bond motifs is 1. The molecule has 1 aromatic carbocycles. The fraction of sp³-hybridized carbons (Fsp3) is 0.154. The fourth-order valence-corrected chi connectivity index (χ4v) is 1.73. The average molecular weight is 291 g/mol. The number of hydrazone groups is 1. The van der Waals surface area contributed by atoms with Crippen LogP contribution in [0.5, 0.6) is 5.75 Å². The maximum absolute atomic E-state index is 11.9. The number of hydrogen-bond donors (Lipinski definition) is 2. The molecule has 0 saturated carbocycles. The molecule has 1 aromatic heterocycles. The van der Waals surface area contributed by atoms with Gasteiger partial charge in [-0.15, -0.1) is 0 Å². The van der Waals surface area contributed by atoms with Gasteiger partial charge in [-0.25, -0.2) is 4.79 Å². The summed E-state index contributed by atoms with van der Waals surface area (Å²) in [5.74, 6) is 0.674. The van der Waals surface area contributed by atoms with Gasteiger partial charge in [0.2, 0.25) is 0 Å². The van der Waals surface area contributed by atoms with Crippen LogP contribution >= 0.6 is 12.2 Å². The summed E-state index contributed by atoms with van der Waals surface area (Å²) in [4.78, 5) is 11.9. The summed E-state index contributed by atoms with van der Waals surface area (Å²) in [6.07, 6.45) is 0. The molecular formula is C13H13N3O3S. The highest BCUT2D eigenvalue weighted by atomic mass is 32.1. The number of benzene rings is 1. The van der Waals surface area contributed by atoms with Crippen LogP contribution in [0, 0.1) is 0 Å². The molecular weight excluding hydrogens is 278 g/mol. The Kier molecular flexibility index (Phi) is 3.99. The van der Waals surface area contributed by atoms with Crippen molar-refractivity contribution in [3.8, 4) is 5.75 Å². The van der Waals surface area contributed by atoms with E-state index in [0.29, 0.717) is 22.6 Å². The Hall–Kier alpha value is -2.41. The Morgan fingerprint density at radius 2 is 2.20 bits per heavy atom. The Balaban J connectivity index is 2.53. The Morgan fingerprint density at radius 1 is 1.45 bits per heavy atom. The summed E-state index contributed by atoms with van der Waals surface area (Å²) in [5, 5.41) is 4.68. The molecule has 0 unspecified atom stereocenters. The first-order valence-corrected chi connectivity index (χ1v) is 6.14. The molecule has 20 heavy (non-hydrogen) atoms. The molecule has 3 N–H and O–H groups in total. The van der Waals surface area contributed by atoms with Gasteiger partial charge in [0.15, 0.2) is 5.11 Å². The first kappa shape index (κ1) is 14.0. The van der Waals surface area contributed by atoms with Crippen LogP contribution in [0.1, 0.15) is 12.5 Å². The van der Waals surface area contributed by atoms with E-state index in [1.165, 1.54) is 0 Å². The van der Waals surface area contributed by atoms with Crippen molar-refractivity contribution in [2.45, 2.75) is 6.92 Å². The Morgan fingerprint density at radius 3 is 2.85 bits per heavy atom. The van der Waals surface area contributed by atoms with E-state index >= 15 is 0 Å². The molecule has 0 aliphatic rings. The van der Waals surface area contributed by atoms with Gasteiger partial charge in [0.25, 0.3) is 0 Å². The number of ether oxygens (including phenoxy) is 1. The first-order valence-electron chi connectivity index (χ1n) is 5.73. The lowest BCUT2D eigenvalue weighted by Crippen LogP contribution is -2.26. The SMILES string of the molecule is COc1ccc2oc(=O)c(/C(C)=N/NC(N)=S)cc2c1. The van der Waals surface area contributed by atoms with Crippen LogP contribution < -0.4 is 21.5 Å². The number of methoxy groups -OCH3 is 1. The van der Waals surface area contributed by atoms with Gasteiger partial charge in [0.05, 0.1) is 18.4 Å². The van der Waals surface area contributed by atoms with Crippen molar-refractivity contribution < 1.29 is 9.15 Å². The second-order valence-corrected chi connectivity index (χ2v) is 4.46. The summed E-state index contributed by atoms with van der Waals surface area (Å²) >= 11 is 4.65. The minimum absolute atomic E-state index is 0.0243. The van der Waals surface area contributed by atoms with Crippen LogP contribution in [0.2, 0.25) is 0 Å². The van der Waals surface area contributed by atoms with E-state index in [0.717, 1.165) is 5.39 Å². The van der Waals surface area contributed by atoms with Crippen LogP contribution in [0.3, 0.4) is 0 Å². The topological polar surface area (TPSA) is 89.8 Å². The van der Waals surface area contributed by atoms with Gasteiger partial charge < -0.3 is 14.9 Å². The predicted octanol–water partition coefficient (Wildman–Crippen LogP) is 1.36. The number of hydrogen-bond acceptors (Lipinski definition) is 5. The van der Waals surface area contributed by atoms with Crippen molar-refractivity contribution in [2.24, 2.45) is 10.8 Å². The molecule has 2 aromatic rings. The van der Waals surface area contributed by atoms with Crippen molar-refractivity contribution in [3.05, 3.63) is 40.2 Å². The van der Waals surface area contributed by atoms with E-state index in [-0.39, 0.29) is 5.11 Å². The molecule has 7 heteroatoms. The second kappa shape index (κ2) is 5.70. The van der Waals surface area contributed by atoms with E-state index < -0.39 is 5.63 Å². The Labute approximate surface area is 120 Å². The van der Waals surface area contributed by atoms with Crippen LogP contribution in [-0.2, 0) is 0 Å². The molecule has 1 heterocycles. The zero-order chi connectivity index (χ0) is 14.7. The summed E-state index contributed by atoms with van der Waals surface area (Å²) in [6.45, 7) is 1.66. The van der Waals surface area contributed by atoms with Gasteiger partial charge >= 0.3 is 5.63 Å². The summed E-state index contributed by atoms with van der Waals surface area (Å²) in [6, 6.07) is 6.86. The lowest BCUT2D eigenvalue weighted by atomic mass is 10.1. The van der Waals surface area contributed by atoms with Gasteiger partial charge in [-0.3, -0.25) is 5.43 Å². The van der Waals surface area contributed by atoms with Crippen LogP contribution in [0.4, 0.5) is 0 Å². The monoisotopic (exact) mass is 291 g/mol. The van der Waals surface area contributed by atoms with Crippen molar-refractivity contribution in [2.75, 3.05) is 7.11 Å². The molecule has 6 nitrogen and oxygen atoms in total. The number of rotatable bonds is 3. The smallest absolute Gasteiger partial charge is 0.345 e.